The number of hydrogen-bond acceptors (Lipinski definition) is 2. The van der Waals surface area contributed by atoms with Gasteiger partial charge in [0.2, 0.25) is 5.78 Å². The minimum Gasteiger partial charge on any atom is -0.485 e. The van der Waals surface area contributed by atoms with E-state index in [4.69, 9.17) is 4.74 Å². The van der Waals surface area contributed by atoms with Crippen LogP contribution in [0.2, 0.25) is 0 Å². The van der Waals surface area contributed by atoms with Crippen LogP contribution in [0, 0.1) is 11.6 Å². The van der Waals surface area contributed by atoms with Gasteiger partial charge in [0.1, 0.15) is 17.4 Å². The highest BCUT2D eigenvalue weighted by atomic mass is 19.1. The predicted molar refractivity (Wildman–Crippen MR) is 61.6 cm³/mol. The van der Waals surface area contributed by atoms with Crippen molar-refractivity contribution in [3.8, 4) is 5.75 Å². The van der Waals surface area contributed by atoms with E-state index in [1.165, 1.54) is 0 Å². The van der Waals surface area contributed by atoms with Gasteiger partial charge in [-0.25, -0.2) is 8.78 Å². The third kappa shape index (κ3) is 2.94. The maximum Gasteiger partial charge on any atom is 0.201 e. The number of aryl methyl sites for hydroxylation is 1. The first-order chi connectivity index (χ1) is 8.54. The first-order valence-corrected chi connectivity index (χ1v) is 5.28. The van der Waals surface area contributed by atoms with Gasteiger partial charge in [-0.2, -0.15) is 0 Å². The number of hydrogen-bond donors (Lipinski definition) is 0. The molecule has 0 saturated heterocycles. The summed E-state index contributed by atoms with van der Waals surface area (Å²) < 4.78 is 32.5. The lowest BCUT2D eigenvalue weighted by atomic mass is 10.2. The van der Waals surface area contributed by atoms with Gasteiger partial charge in [-0.05, 0) is 6.07 Å². The molecule has 1 heterocycles. The summed E-state index contributed by atoms with van der Waals surface area (Å²) in [5.41, 5.74) is 0.495. The molecule has 0 radical (unpaired) electrons. The lowest BCUT2D eigenvalue weighted by Gasteiger charge is -2.04. The average molecular weight is 251 g/mol. The fraction of sp³-hybridized carbons (Fsp3) is 0.154. The van der Waals surface area contributed by atoms with Crippen molar-refractivity contribution < 1.29 is 18.3 Å². The Labute approximate surface area is 103 Å². The van der Waals surface area contributed by atoms with Gasteiger partial charge >= 0.3 is 0 Å². The van der Waals surface area contributed by atoms with Gasteiger partial charge in [0.15, 0.2) is 6.61 Å². The summed E-state index contributed by atoms with van der Waals surface area (Å²) in [7, 11) is 1.79. The topological polar surface area (TPSA) is 31.2 Å². The van der Waals surface area contributed by atoms with E-state index in [-0.39, 0.29) is 18.1 Å². The Kier molecular flexibility index (Phi) is 3.41. The average Bonchev–Trinajstić information content (AvgIpc) is 2.71. The predicted octanol–water partition coefficient (Wildman–Crippen LogP) is 2.57. The molecule has 5 heteroatoms. The van der Waals surface area contributed by atoms with E-state index in [2.05, 4.69) is 0 Å². The molecule has 0 aliphatic heterocycles. The highest BCUT2D eigenvalue weighted by molar-refractivity contribution is 5.97. The number of ether oxygens (including phenoxy) is 1. The molecular formula is C13H11F2NO2. The molecule has 18 heavy (non-hydrogen) atoms. The maximum absolute atomic E-state index is 12.9. The van der Waals surface area contributed by atoms with Crippen LogP contribution in [0.1, 0.15) is 10.4 Å². The molecule has 0 atom stereocenters. The van der Waals surface area contributed by atoms with Gasteiger partial charge in [-0.1, -0.05) is 0 Å². The van der Waals surface area contributed by atoms with Crippen molar-refractivity contribution >= 4 is 5.78 Å². The summed E-state index contributed by atoms with van der Waals surface area (Å²) in [4.78, 5) is 11.7. The van der Waals surface area contributed by atoms with Gasteiger partial charge in [0.05, 0.1) is 0 Å². The van der Waals surface area contributed by atoms with Crippen molar-refractivity contribution in [2.24, 2.45) is 7.05 Å². The molecule has 0 spiro atoms. The van der Waals surface area contributed by atoms with E-state index in [1.54, 1.807) is 30.1 Å². The highest BCUT2D eigenvalue weighted by Crippen LogP contribution is 2.15. The first kappa shape index (κ1) is 12.3. The molecule has 1 aromatic carbocycles. The van der Waals surface area contributed by atoms with Crippen LogP contribution in [0.3, 0.4) is 0 Å². The SMILES string of the molecule is Cn1ccc(C(=O)COc2cc(F)cc(F)c2)c1. The Morgan fingerprint density at radius 1 is 1.28 bits per heavy atom. The number of carbonyl (C=O) groups excluding carboxylic acids is 1. The molecule has 2 rings (SSSR count). The van der Waals surface area contributed by atoms with Crippen LogP contribution in [0.4, 0.5) is 8.78 Å². The van der Waals surface area contributed by atoms with Gasteiger partial charge in [-0.3, -0.25) is 4.79 Å². The summed E-state index contributed by atoms with van der Waals surface area (Å²) in [5.74, 6) is -1.73. The quantitative estimate of drug-likeness (QED) is 0.782. The molecule has 0 saturated carbocycles. The Morgan fingerprint density at radius 3 is 2.50 bits per heavy atom. The van der Waals surface area contributed by atoms with E-state index in [9.17, 15) is 13.6 Å². The minimum atomic E-state index is -0.739. The van der Waals surface area contributed by atoms with Crippen LogP contribution < -0.4 is 4.74 Å². The monoisotopic (exact) mass is 251 g/mol. The molecule has 0 aliphatic carbocycles. The Balaban J connectivity index is 2.01. The van der Waals surface area contributed by atoms with Crippen LogP contribution in [0.25, 0.3) is 0 Å². The second-order valence-corrected chi connectivity index (χ2v) is 3.88. The summed E-state index contributed by atoms with van der Waals surface area (Å²) in [6, 6.07) is 4.45. The molecule has 0 amide bonds. The number of rotatable bonds is 4. The number of carbonyl (C=O) groups is 1. The van der Waals surface area contributed by atoms with Gasteiger partial charge in [0, 0.05) is 43.2 Å². The smallest absolute Gasteiger partial charge is 0.201 e. The van der Waals surface area contributed by atoms with Crippen LogP contribution in [-0.4, -0.2) is 17.0 Å². The standard InChI is InChI=1S/C13H11F2NO2/c1-16-3-2-9(7-16)13(17)8-18-12-5-10(14)4-11(15)6-12/h2-7H,8H2,1H3. The number of benzene rings is 1. The van der Waals surface area contributed by atoms with E-state index in [0.717, 1.165) is 18.2 Å². The second kappa shape index (κ2) is 5.00. The fourth-order valence-corrected chi connectivity index (χ4v) is 1.51. The van der Waals surface area contributed by atoms with Crippen molar-refractivity contribution in [1.29, 1.82) is 0 Å². The summed E-state index contributed by atoms with van der Waals surface area (Å²) in [6.45, 7) is -0.257. The molecule has 0 aliphatic rings. The zero-order chi connectivity index (χ0) is 13.1. The number of Topliss-reactive ketones (excluding diaryl/α,β-unsaturated/α-hetero) is 1. The molecule has 0 bridgehead atoms. The second-order valence-electron chi connectivity index (χ2n) is 3.88. The van der Waals surface area contributed by atoms with Crippen LogP contribution in [-0.2, 0) is 7.05 Å². The Morgan fingerprint density at radius 2 is 1.94 bits per heavy atom. The van der Waals surface area contributed by atoms with Crippen molar-refractivity contribution in [3.05, 3.63) is 53.9 Å². The molecule has 2 aromatic rings. The lowest BCUT2D eigenvalue weighted by molar-refractivity contribution is 0.0921. The van der Waals surface area contributed by atoms with Gasteiger partial charge in [0.25, 0.3) is 0 Å². The largest absolute Gasteiger partial charge is 0.485 e. The van der Waals surface area contributed by atoms with Crippen molar-refractivity contribution in [3.63, 3.8) is 0 Å². The van der Waals surface area contributed by atoms with Crippen LogP contribution in [0.5, 0.6) is 5.75 Å². The molecule has 3 nitrogen and oxygen atoms in total. The molecule has 1 aromatic heterocycles. The summed E-state index contributed by atoms with van der Waals surface area (Å²) in [6.07, 6.45) is 3.38. The van der Waals surface area contributed by atoms with Crippen molar-refractivity contribution in [2.75, 3.05) is 6.61 Å². The normalized spacial score (nSPS) is 10.4. The molecule has 0 N–H and O–H groups in total. The third-order valence-corrected chi connectivity index (χ3v) is 2.36. The van der Waals surface area contributed by atoms with Crippen LogP contribution >= 0.6 is 0 Å². The van der Waals surface area contributed by atoms with Gasteiger partial charge in [-0.15, -0.1) is 0 Å². The highest BCUT2D eigenvalue weighted by Gasteiger charge is 2.09. The van der Waals surface area contributed by atoms with E-state index < -0.39 is 11.6 Å². The number of aromatic nitrogens is 1. The zero-order valence-electron chi connectivity index (χ0n) is 9.69. The molecule has 94 valence electrons. The van der Waals surface area contributed by atoms with Crippen molar-refractivity contribution in [1.82, 2.24) is 4.57 Å². The van der Waals surface area contributed by atoms with E-state index >= 15 is 0 Å². The first-order valence-electron chi connectivity index (χ1n) is 5.28. The lowest BCUT2D eigenvalue weighted by Crippen LogP contribution is -2.11. The minimum absolute atomic E-state index is 0.00298. The van der Waals surface area contributed by atoms with Crippen LogP contribution in [0.15, 0.2) is 36.7 Å². The van der Waals surface area contributed by atoms with Crippen molar-refractivity contribution in [2.45, 2.75) is 0 Å². The molecule has 0 fully saturated rings. The fourth-order valence-electron chi connectivity index (χ4n) is 1.51. The van der Waals surface area contributed by atoms with E-state index in [1.807, 2.05) is 0 Å². The molecular weight excluding hydrogens is 240 g/mol. The molecule has 0 unspecified atom stereocenters. The third-order valence-electron chi connectivity index (χ3n) is 2.36. The Hall–Kier alpha value is -2.17. The maximum atomic E-state index is 12.9. The Bertz CT molecular complexity index is 558. The summed E-state index contributed by atoms with van der Waals surface area (Å²) in [5, 5.41) is 0. The van der Waals surface area contributed by atoms with E-state index in [0.29, 0.717) is 5.56 Å². The number of halogens is 2. The van der Waals surface area contributed by atoms with Gasteiger partial charge < -0.3 is 9.30 Å². The number of nitrogens with zero attached hydrogens (tertiary/aromatic N) is 1. The summed E-state index contributed by atoms with van der Waals surface area (Å²) >= 11 is 0. The zero-order valence-corrected chi connectivity index (χ0v) is 9.69. The number of ketones is 1.